The lowest BCUT2D eigenvalue weighted by Gasteiger charge is -2.15. The van der Waals surface area contributed by atoms with Gasteiger partial charge in [-0.3, -0.25) is 0 Å². The van der Waals surface area contributed by atoms with Crippen LogP contribution >= 0.6 is 0 Å². The van der Waals surface area contributed by atoms with Gasteiger partial charge in [-0.1, -0.05) is 36.4 Å². The zero-order valence-corrected chi connectivity index (χ0v) is 12.1. The van der Waals surface area contributed by atoms with Gasteiger partial charge >= 0.3 is 0 Å². The van der Waals surface area contributed by atoms with Crippen LogP contribution in [0.25, 0.3) is 11.1 Å². The molecule has 4 nitrogen and oxygen atoms in total. The number of aliphatic hydroxyl groups excluding tert-OH is 2. The molecule has 4 heteroatoms. The van der Waals surface area contributed by atoms with E-state index in [2.05, 4.69) is 0 Å². The molecular weight excluding hydrogens is 266 g/mol. The van der Waals surface area contributed by atoms with Gasteiger partial charge in [-0.2, -0.15) is 0 Å². The molecule has 2 aromatic rings. The molecule has 21 heavy (non-hydrogen) atoms. The van der Waals surface area contributed by atoms with Crippen molar-refractivity contribution in [3.8, 4) is 16.9 Å². The Hall–Kier alpha value is -1.88. The number of benzene rings is 2. The molecule has 4 N–H and O–H groups in total. The van der Waals surface area contributed by atoms with Gasteiger partial charge in [0.15, 0.2) is 0 Å². The quantitative estimate of drug-likeness (QED) is 0.760. The van der Waals surface area contributed by atoms with E-state index in [1.807, 2.05) is 48.5 Å². The maximum atomic E-state index is 10.0. The minimum absolute atomic E-state index is 0.124. The molecule has 0 radical (unpaired) electrons. The molecule has 0 saturated heterocycles. The normalized spacial score (nSPS) is 13.7. The molecule has 0 saturated carbocycles. The van der Waals surface area contributed by atoms with E-state index in [4.69, 9.17) is 15.6 Å². The lowest BCUT2D eigenvalue weighted by molar-refractivity contribution is 0.140. The van der Waals surface area contributed by atoms with Gasteiger partial charge in [-0.05, 0) is 35.2 Å². The molecule has 0 heterocycles. The first-order chi connectivity index (χ1) is 10.1. The first kappa shape index (κ1) is 15.5. The van der Waals surface area contributed by atoms with Crippen LogP contribution in [0.4, 0.5) is 0 Å². The summed E-state index contributed by atoms with van der Waals surface area (Å²) in [6, 6.07) is 15.1. The number of methoxy groups -OCH3 is 1. The van der Waals surface area contributed by atoms with Crippen molar-refractivity contribution in [1.82, 2.24) is 0 Å². The summed E-state index contributed by atoms with van der Waals surface area (Å²) in [6.45, 7) is -0.124. The number of hydrogen-bond donors (Lipinski definition) is 3. The van der Waals surface area contributed by atoms with Crippen molar-refractivity contribution in [3.63, 3.8) is 0 Å². The average Bonchev–Trinajstić information content (AvgIpc) is 2.55. The van der Waals surface area contributed by atoms with Crippen molar-refractivity contribution in [2.24, 2.45) is 5.73 Å². The van der Waals surface area contributed by atoms with Gasteiger partial charge in [-0.25, -0.2) is 0 Å². The summed E-state index contributed by atoms with van der Waals surface area (Å²) in [5.41, 5.74) is 8.60. The minimum atomic E-state index is -0.655. The van der Waals surface area contributed by atoms with E-state index in [1.54, 1.807) is 7.11 Å². The van der Waals surface area contributed by atoms with Crippen LogP contribution in [0.5, 0.6) is 5.75 Å². The summed E-state index contributed by atoms with van der Waals surface area (Å²) in [6.07, 6.45) is -0.310. The lowest BCUT2D eigenvalue weighted by atomic mass is 9.99. The van der Waals surface area contributed by atoms with Gasteiger partial charge in [0, 0.05) is 6.04 Å². The molecule has 0 spiro atoms. The predicted molar refractivity (Wildman–Crippen MR) is 83.1 cm³/mol. The van der Waals surface area contributed by atoms with Crippen molar-refractivity contribution in [2.75, 3.05) is 13.7 Å². The Morgan fingerprint density at radius 2 is 1.52 bits per heavy atom. The Bertz CT molecular complexity index is 551. The van der Waals surface area contributed by atoms with E-state index in [0.29, 0.717) is 6.42 Å². The zero-order valence-electron chi connectivity index (χ0n) is 12.1. The smallest absolute Gasteiger partial charge is 0.118 e. The highest BCUT2D eigenvalue weighted by molar-refractivity contribution is 5.64. The summed E-state index contributed by atoms with van der Waals surface area (Å²) < 4.78 is 5.14. The fourth-order valence-electron chi connectivity index (χ4n) is 2.18. The van der Waals surface area contributed by atoms with E-state index in [1.165, 1.54) is 0 Å². The van der Waals surface area contributed by atoms with Crippen molar-refractivity contribution in [1.29, 1.82) is 0 Å². The molecule has 112 valence electrons. The molecule has 2 aromatic carbocycles. The number of nitrogens with two attached hydrogens (primary N) is 1. The molecule has 0 aromatic heterocycles. The van der Waals surface area contributed by atoms with E-state index < -0.39 is 12.1 Å². The second kappa shape index (κ2) is 7.22. The molecule has 0 aliphatic rings. The van der Waals surface area contributed by atoms with Gasteiger partial charge in [0.05, 0.1) is 19.8 Å². The summed E-state index contributed by atoms with van der Waals surface area (Å²) in [4.78, 5) is 0. The molecular formula is C17H21NO3. The first-order valence-electron chi connectivity index (χ1n) is 6.93. The van der Waals surface area contributed by atoms with Crippen LogP contribution in [0, 0.1) is 0 Å². The number of hydrogen-bond acceptors (Lipinski definition) is 4. The van der Waals surface area contributed by atoms with Crippen LogP contribution in [-0.4, -0.2) is 30.0 Å². The molecule has 0 aliphatic heterocycles. The van der Waals surface area contributed by atoms with Crippen LogP contribution in [0.1, 0.15) is 18.1 Å². The number of ether oxygens (including phenoxy) is 1. The highest BCUT2D eigenvalue weighted by Crippen LogP contribution is 2.25. The van der Waals surface area contributed by atoms with Crippen LogP contribution in [0.2, 0.25) is 0 Å². The standard InChI is InChI=1S/C17H21NO3/c1-21-16-8-6-13(7-9-16)12-2-4-14(5-3-12)17(20)10-15(18)11-19/h2-9,15,17,19-20H,10-11,18H2,1H3/t15-,17-/m1/s1. The Morgan fingerprint density at radius 1 is 1.00 bits per heavy atom. The summed E-state index contributed by atoms with van der Waals surface area (Å²) in [5.74, 6) is 0.823. The minimum Gasteiger partial charge on any atom is -0.497 e. The molecule has 0 aliphatic carbocycles. The molecule has 0 bridgehead atoms. The SMILES string of the molecule is COc1ccc(-c2ccc([C@H](O)C[C@@H](N)CO)cc2)cc1. The van der Waals surface area contributed by atoms with Crippen molar-refractivity contribution in [2.45, 2.75) is 18.6 Å². The Morgan fingerprint density at radius 3 is 2.00 bits per heavy atom. The monoisotopic (exact) mass is 287 g/mol. The summed E-state index contributed by atoms with van der Waals surface area (Å²) in [5, 5.41) is 19.0. The third kappa shape index (κ3) is 4.04. The second-order valence-corrected chi connectivity index (χ2v) is 5.04. The van der Waals surface area contributed by atoms with Gasteiger partial charge < -0.3 is 20.7 Å². The Balaban J connectivity index is 2.10. The van der Waals surface area contributed by atoms with E-state index in [0.717, 1.165) is 22.4 Å². The Kier molecular flexibility index (Phi) is 5.33. The van der Waals surface area contributed by atoms with Gasteiger partial charge in [0.1, 0.15) is 5.75 Å². The van der Waals surface area contributed by atoms with Crippen molar-refractivity contribution >= 4 is 0 Å². The van der Waals surface area contributed by atoms with Gasteiger partial charge in [-0.15, -0.1) is 0 Å². The maximum absolute atomic E-state index is 10.0. The van der Waals surface area contributed by atoms with Crippen LogP contribution < -0.4 is 10.5 Å². The fraction of sp³-hybridized carbons (Fsp3) is 0.294. The third-order valence-corrected chi connectivity index (χ3v) is 3.48. The van der Waals surface area contributed by atoms with Crippen molar-refractivity contribution < 1.29 is 14.9 Å². The third-order valence-electron chi connectivity index (χ3n) is 3.48. The van der Waals surface area contributed by atoms with E-state index in [-0.39, 0.29) is 6.61 Å². The predicted octanol–water partition coefficient (Wildman–Crippen LogP) is 2.11. The fourth-order valence-corrected chi connectivity index (χ4v) is 2.18. The zero-order chi connectivity index (χ0) is 15.2. The largest absolute Gasteiger partial charge is 0.497 e. The molecule has 2 rings (SSSR count). The topological polar surface area (TPSA) is 75.7 Å². The average molecular weight is 287 g/mol. The highest BCUT2D eigenvalue weighted by atomic mass is 16.5. The Labute approximate surface area is 124 Å². The van der Waals surface area contributed by atoms with Gasteiger partial charge in [0.25, 0.3) is 0 Å². The molecule has 0 fully saturated rings. The lowest BCUT2D eigenvalue weighted by Crippen LogP contribution is -2.26. The first-order valence-corrected chi connectivity index (χ1v) is 6.93. The number of rotatable bonds is 6. The molecule has 2 atom stereocenters. The highest BCUT2D eigenvalue weighted by Gasteiger charge is 2.12. The molecule has 0 amide bonds. The summed E-state index contributed by atoms with van der Waals surface area (Å²) >= 11 is 0. The van der Waals surface area contributed by atoms with Crippen LogP contribution in [0.15, 0.2) is 48.5 Å². The van der Waals surface area contributed by atoms with Crippen LogP contribution in [0.3, 0.4) is 0 Å². The maximum Gasteiger partial charge on any atom is 0.118 e. The second-order valence-electron chi connectivity index (χ2n) is 5.04. The van der Waals surface area contributed by atoms with E-state index >= 15 is 0 Å². The molecule has 0 unspecified atom stereocenters. The summed E-state index contributed by atoms with van der Waals surface area (Å²) in [7, 11) is 1.64. The van der Waals surface area contributed by atoms with Gasteiger partial charge in [0.2, 0.25) is 0 Å². The van der Waals surface area contributed by atoms with E-state index in [9.17, 15) is 5.11 Å². The van der Waals surface area contributed by atoms with Crippen molar-refractivity contribution in [3.05, 3.63) is 54.1 Å². The van der Waals surface area contributed by atoms with Crippen LogP contribution in [-0.2, 0) is 0 Å². The number of aliphatic hydroxyl groups is 2.